The van der Waals surface area contributed by atoms with Gasteiger partial charge in [0.2, 0.25) is 0 Å². The molecule has 0 saturated heterocycles. The van der Waals surface area contributed by atoms with Crippen LogP contribution in [0, 0.1) is 16.7 Å². The van der Waals surface area contributed by atoms with Gasteiger partial charge in [0.05, 0.1) is 27.8 Å². The van der Waals surface area contributed by atoms with Crippen LogP contribution in [0.4, 0.5) is 13.2 Å². The summed E-state index contributed by atoms with van der Waals surface area (Å²) in [7, 11) is -1.50. The Hall–Kier alpha value is -1.42. The summed E-state index contributed by atoms with van der Waals surface area (Å²) < 4.78 is 48.8. The molecule has 1 rings (SSSR count). The van der Waals surface area contributed by atoms with Crippen molar-refractivity contribution in [2.45, 2.75) is 31.5 Å². The largest absolute Gasteiger partial charge is 0.417 e. The number of pyridine rings is 1. The average Bonchev–Trinajstić information content (AvgIpc) is 2.35. The first-order valence-electron chi connectivity index (χ1n) is 5.48. The van der Waals surface area contributed by atoms with Gasteiger partial charge in [-0.25, -0.2) is 4.98 Å². The Labute approximate surface area is 111 Å². The molecule has 0 aliphatic heterocycles. The van der Waals surface area contributed by atoms with E-state index in [9.17, 15) is 17.4 Å². The molecule has 0 saturated carbocycles. The molecule has 0 N–H and O–H groups in total. The Balaban J connectivity index is 2.72. The highest BCUT2D eigenvalue weighted by molar-refractivity contribution is 7.84. The molecule has 0 amide bonds. The summed E-state index contributed by atoms with van der Waals surface area (Å²) in [4.78, 5) is 3.57. The van der Waals surface area contributed by atoms with Crippen molar-refractivity contribution in [3.05, 3.63) is 23.9 Å². The number of hydrogen-bond acceptors (Lipinski definition) is 3. The topological polar surface area (TPSA) is 53.8 Å². The second kappa shape index (κ2) is 5.70. The molecule has 0 bridgehead atoms. The molecule has 0 unspecified atom stereocenters. The zero-order valence-electron chi connectivity index (χ0n) is 10.5. The molecule has 0 spiro atoms. The number of aromatic nitrogens is 1. The summed E-state index contributed by atoms with van der Waals surface area (Å²) in [6.07, 6.45) is -3.39. The number of alkyl halides is 3. The number of nitriles is 1. The maximum absolute atomic E-state index is 12.3. The van der Waals surface area contributed by atoms with Crippen LogP contribution in [0.3, 0.4) is 0 Å². The second-order valence-electron chi connectivity index (χ2n) is 4.68. The predicted molar refractivity (Wildman–Crippen MR) is 64.5 cm³/mol. The van der Waals surface area contributed by atoms with E-state index < -0.39 is 28.0 Å². The molecule has 3 nitrogen and oxygen atoms in total. The maximum atomic E-state index is 12.3. The van der Waals surface area contributed by atoms with Gasteiger partial charge in [-0.15, -0.1) is 0 Å². The van der Waals surface area contributed by atoms with Crippen LogP contribution in [-0.4, -0.2) is 14.9 Å². The molecule has 7 heteroatoms. The third-order valence-corrected chi connectivity index (χ3v) is 3.79. The van der Waals surface area contributed by atoms with Gasteiger partial charge in [0.1, 0.15) is 5.03 Å². The van der Waals surface area contributed by atoms with Gasteiger partial charge in [0.25, 0.3) is 0 Å². The summed E-state index contributed by atoms with van der Waals surface area (Å²) in [5, 5.41) is 8.91. The molecule has 0 aromatic carbocycles. The molecule has 0 aliphatic rings. The second-order valence-corrected chi connectivity index (χ2v) is 6.20. The SMILES string of the molecule is CC(C)(C#N)CC[S@@](=O)c1ccc(C(F)(F)F)cn1. The van der Waals surface area contributed by atoms with Crippen LogP contribution in [0.1, 0.15) is 25.8 Å². The van der Waals surface area contributed by atoms with Gasteiger partial charge in [-0.2, -0.15) is 18.4 Å². The zero-order chi connectivity index (χ0) is 14.7. The van der Waals surface area contributed by atoms with Gasteiger partial charge in [-0.1, -0.05) is 0 Å². The molecular formula is C12H13F3N2OS. The highest BCUT2D eigenvalue weighted by Gasteiger charge is 2.30. The molecule has 19 heavy (non-hydrogen) atoms. The lowest BCUT2D eigenvalue weighted by Gasteiger charge is -2.14. The van der Waals surface area contributed by atoms with Crippen molar-refractivity contribution in [2.75, 3.05) is 5.75 Å². The fraction of sp³-hybridized carbons (Fsp3) is 0.500. The monoisotopic (exact) mass is 290 g/mol. The van der Waals surface area contributed by atoms with Crippen molar-refractivity contribution in [2.24, 2.45) is 5.41 Å². The molecule has 0 aliphatic carbocycles. The van der Waals surface area contributed by atoms with Crippen LogP contribution in [0.2, 0.25) is 0 Å². The van der Waals surface area contributed by atoms with Crippen molar-refractivity contribution >= 4 is 10.8 Å². The molecular weight excluding hydrogens is 277 g/mol. The Morgan fingerprint density at radius 3 is 2.42 bits per heavy atom. The Bertz CT molecular complexity index is 503. The minimum absolute atomic E-state index is 0.0988. The lowest BCUT2D eigenvalue weighted by Crippen LogP contribution is -2.13. The summed E-state index contributed by atoms with van der Waals surface area (Å²) in [6, 6.07) is 4.04. The fourth-order valence-electron chi connectivity index (χ4n) is 1.19. The number of hydrogen-bond donors (Lipinski definition) is 0. The van der Waals surface area contributed by atoms with E-state index in [0.717, 1.165) is 12.1 Å². The van der Waals surface area contributed by atoms with Crippen LogP contribution in [-0.2, 0) is 17.0 Å². The van der Waals surface area contributed by atoms with Crippen LogP contribution < -0.4 is 0 Å². The summed E-state index contributed by atoms with van der Waals surface area (Å²) in [5.41, 5.74) is -1.48. The van der Waals surface area contributed by atoms with Gasteiger partial charge in [-0.05, 0) is 32.4 Å². The highest BCUT2D eigenvalue weighted by atomic mass is 32.2. The van der Waals surface area contributed by atoms with E-state index in [2.05, 4.69) is 11.1 Å². The van der Waals surface area contributed by atoms with Crippen molar-refractivity contribution in [3.8, 4) is 6.07 Å². The van der Waals surface area contributed by atoms with E-state index in [0.29, 0.717) is 12.6 Å². The van der Waals surface area contributed by atoms with Crippen molar-refractivity contribution in [1.82, 2.24) is 4.98 Å². The van der Waals surface area contributed by atoms with Gasteiger partial charge < -0.3 is 0 Å². The van der Waals surface area contributed by atoms with Crippen LogP contribution >= 0.6 is 0 Å². The van der Waals surface area contributed by atoms with E-state index in [1.54, 1.807) is 13.8 Å². The number of rotatable bonds is 4. The van der Waals surface area contributed by atoms with Gasteiger partial charge >= 0.3 is 6.18 Å². The van der Waals surface area contributed by atoms with Gasteiger partial charge in [0.15, 0.2) is 0 Å². The van der Waals surface area contributed by atoms with Gasteiger partial charge in [0, 0.05) is 11.9 Å². The minimum Gasteiger partial charge on any atom is -0.253 e. The third kappa shape index (κ3) is 4.63. The first-order chi connectivity index (χ1) is 8.65. The summed E-state index contributed by atoms with van der Waals surface area (Å²) >= 11 is 0. The van der Waals surface area contributed by atoms with Crippen molar-refractivity contribution < 1.29 is 17.4 Å². The van der Waals surface area contributed by atoms with Crippen LogP contribution in [0.25, 0.3) is 0 Å². The number of halogens is 3. The standard InChI is InChI=1S/C12H13F3N2OS/c1-11(2,8-16)5-6-19(18)10-4-3-9(7-17-10)12(13,14)15/h3-4,7H,5-6H2,1-2H3/t19-/m1/s1. The van der Waals surface area contributed by atoms with Crippen LogP contribution in [0.15, 0.2) is 23.4 Å². The Morgan fingerprint density at radius 2 is 2.00 bits per heavy atom. The third-order valence-electron chi connectivity index (χ3n) is 2.51. The molecule has 1 aromatic heterocycles. The average molecular weight is 290 g/mol. The van der Waals surface area contributed by atoms with E-state index in [1.165, 1.54) is 0 Å². The Morgan fingerprint density at radius 1 is 1.37 bits per heavy atom. The lowest BCUT2D eigenvalue weighted by atomic mass is 9.93. The summed E-state index contributed by atoms with van der Waals surface area (Å²) in [6.45, 7) is 3.43. The predicted octanol–water partition coefficient (Wildman–Crippen LogP) is 3.15. The zero-order valence-corrected chi connectivity index (χ0v) is 11.3. The van der Waals surface area contributed by atoms with Crippen molar-refractivity contribution in [1.29, 1.82) is 5.26 Å². The number of nitrogens with zero attached hydrogens (tertiary/aromatic N) is 2. The molecule has 104 valence electrons. The van der Waals surface area contributed by atoms with E-state index >= 15 is 0 Å². The molecule has 0 fully saturated rings. The molecule has 1 aromatic rings. The van der Waals surface area contributed by atoms with Crippen molar-refractivity contribution in [3.63, 3.8) is 0 Å². The summed E-state index contributed by atoms with van der Waals surface area (Å²) in [5.74, 6) is 0.193. The minimum atomic E-state index is -4.45. The smallest absolute Gasteiger partial charge is 0.253 e. The van der Waals surface area contributed by atoms with E-state index in [1.807, 2.05) is 0 Å². The molecule has 0 radical (unpaired) electrons. The van der Waals surface area contributed by atoms with Gasteiger partial charge in [-0.3, -0.25) is 4.21 Å². The fourth-order valence-corrected chi connectivity index (χ4v) is 2.49. The first-order valence-corrected chi connectivity index (χ1v) is 6.80. The van der Waals surface area contributed by atoms with E-state index in [4.69, 9.17) is 5.26 Å². The lowest BCUT2D eigenvalue weighted by molar-refractivity contribution is -0.137. The molecule has 1 atom stereocenters. The van der Waals surface area contributed by atoms with Crippen LogP contribution in [0.5, 0.6) is 0 Å². The maximum Gasteiger partial charge on any atom is 0.417 e. The first kappa shape index (κ1) is 15.6. The molecule has 1 heterocycles. The van der Waals surface area contributed by atoms with E-state index in [-0.39, 0.29) is 10.8 Å². The Kier molecular flexibility index (Phi) is 4.69. The quantitative estimate of drug-likeness (QED) is 0.856. The highest BCUT2D eigenvalue weighted by Crippen LogP contribution is 2.28. The normalized spacial score (nSPS) is 13.9.